The summed E-state index contributed by atoms with van der Waals surface area (Å²) in [5, 5.41) is 18.4. The number of aliphatic hydroxyl groups is 1. The Balaban J connectivity index is 2.29. The Hall–Kier alpha value is -1.26. The molecule has 0 bridgehead atoms. The Morgan fingerprint density at radius 1 is 1.42 bits per heavy atom. The number of benzene rings is 1. The molecule has 1 heterocycles. The van der Waals surface area contributed by atoms with Crippen molar-refractivity contribution in [2.45, 2.75) is 31.8 Å². The fraction of sp³-hybridized carbons (Fsp3) is 0.500. The smallest absolute Gasteiger partial charge is 0.124 e. The van der Waals surface area contributed by atoms with Gasteiger partial charge in [-0.2, -0.15) is 0 Å². The standard InChI is InChI=1S/C14H20ClN3O/c1-14(19)5-2-7-18(8-6-14)12-4-3-10(15)9-11(12)13(16)17/h3-4,9,19H,2,5-8H2,1H3,(H3,16,17). The van der Waals surface area contributed by atoms with Crippen molar-refractivity contribution in [3.05, 3.63) is 28.8 Å². The van der Waals surface area contributed by atoms with Crippen LogP contribution in [0.2, 0.25) is 5.02 Å². The van der Waals surface area contributed by atoms with E-state index in [0.717, 1.165) is 31.6 Å². The van der Waals surface area contributed by atoms with Gasteiger partial charge in [0.25, 0.3) is 0 Å². The molecule has 1 fully saturated rings. The lowest BCUT2D eigenvalue weighted by atomic mass is 9.98. The molecular formula is C14H20ClN3O. The third-order valence-corrected chi connectivity index (χ3v) is 3.89. The Kier molecular flexibility index (Phi) is 4.02. The molecule has 1 unspecified atom stereocenters. The van der Waals surface area contributed by atoms with Crippen LogP contribution in [0.4, 0.5) is 5.69 Å². The van der Waals surface area contributed by atoms with E-state index >= 15 is 0 Å². The summed E-state index contributed by atoms with van der Waals surface area (Å²) in [7, 11) is 0. The topological polar surface area (TPSA) is 73.3 Å². The zero-order valence-electron chi connectivity index (χ0n) is 11.1. The van der Waals surface area contributed by atoms with Gasteiger partial charge in [-0.3, -0.25) is 5.41 Å². The summed E-state index contributed by atoms with van der Waals surface area (Å²) < 4.78 is 0. The highest BCUT2D eigenvalue weighted by Crippen LogP contribution is 2.29. The van der Waals surface area contributed by atoms with Gasteiger partial charge in [-0.15, -0.1) is 0 Å². The molecule has 19 heavy (non-hydrogen) atoms. The molecule has 0 spiro atoms. The third kappa shape index (κ3) is 3.39. The Morgan fingerprint density at radius 3 is 2.84 bits per heavy atom. The molecule has 0 amide bonds. The molecule has 0 radical (unpaired) electrons. The molecule has 0 saturated carbocycles. The van der Waals surface area contributed by atoms with Crippen LogP contribution in [0.25, 0.3) is 0 Å². The molecule has 1 aliphatic heterocycles. The summed E-state index contributed by atoms with van der Waals surface area (Å²) in [6, 6.07) is 5.44. The van der Waals surface area contributed by atoms with Crippen molar-refractivity contribution in [3.63, 3.8) is 0 Å². The molecule has 2 rings (SSSR count). The predicted molar refractivity (Wildman–Crippen MR) is 79.2 cm³/mol. The van der Waals surface area contributed by atoms with E-state index < -0.39 is 5.60 Å². The number of nitrogens with zero attached hydrogens (tertiary/aromatic N) is 1. The first kappa shape index (κ1) is 14.2. The van der Waals surface area contributed by atoms with Crippen LogP contribution in [0.5, 0.6) is 0 Å². The van der Waals surface area contributed by atoms with E-state index in [0.29, 0.717) is 17.0 Å². The average Bonchev–Trinajstić information content (AvgIpc) is 2.50. The Labute approximate surface area is 118 Å². The van der Waals surface area contributed by atoms with Crippen molar-refractivity contribution in [1.29, 1.82) is 5.41 Å². The van der Waals surface area contributed by atoms with Crippen LogP contribution >= 0.6 is 11.6 Å². The van der Waals surface area contributed by atoms with E-state index in [1.165, 1.54) is 0 Å². The van der Waals surface area contributed by atoms with Crippen LogP contribution in [-0.2, 0) is 0 Å². The molecule has 1 aromatic carbocycles. The van der Waals surface area contributed by atoms with Crippen LogP contribution in [0, 0.1) is 5.41 Å². The second-order valence-corrected chi connectivity index (χ2v) is 5.85. The summed E-state index contributed by atoms with van der Waals surface area (Å²) in [6.45, 7) is 3.50. The predicted octanol–water partition coefficient (Wildman–Crippen LogP) is 2.37. The maximum atomic E-state index is 10.1. The highest BCUT2D eigenvalue weighted by molar-refractivity contribution is 6.31. The van der Waals surface area contributed by atoms with Crippen LogP contribution in [0.3, 0.4) is 0 Å². The van der Waals surface area contributed by atoms with Gasteiger partial charge >= 0.3 is 0 Å². The Bertz CT molecular complexity index is 488. The highest BCUT2D eigenvalue weighted by atomic mass is 35.5. The summed E-state index contributed by atoms with van der Waals surface area (Å²) >= 11 is 5.97. The summed E-state index contributed by atoms with van der Waals surface area (Å²) in [6.07, 6.45) is 2.44. The molecule has 0 aliphatic carbocycles. The van der Waals surface area contributed by atoms with Gasteiger partial charge in [-0.1, -0.05) is 11.6 Å². The van der Waals surface area contributed by atoms with Crippen molar-refractivity contribution in [2.75, 3.05) is 18.0 Å². The molecule has 4 N–H and O–H groups in total. The minimum Gasteiger partial charge on any atom is -0.390 e. The minimum absolute atomic E-state index is 0.0218. The van der Waals surface area contributed by atoms with Crippen molar-refractivity contribution in [3.8, 4) is 0 Å². The van der Waals surface area contributed by atoms with Gasteiger partial charge in [0.2, 0.25) is 0 Å². The Morgan fingerprint density at radius 2 is 2.16 bits per heavy atom. The number of nitrogens with one attached hydrogen (secondary N) is 1. The van der Waals surface area contributed by atoms with Crippen LogP contribution < -0.4 is 10.6 Å². The lowest BCUT2D eigenvalue weighted by Crippen LogP contribution is -2.30. The maximum absolute atomic E-state index is 10.1. The summed E-state index contributed by atoms with van der Waals surface area (Å²) in [5.74, 6) is 0.0218. The molecule has 104 valence electrons. The summed E-state index contributed by atoms with van der Waals surface area (Å²) in [5.41, 5.74) is 6.62. The lowest BCUT2D eigenvalue weighted by molar-refractivity contribution is 0.0481. The molecule has 1 aromatic rings. The van der Waals surface area contributed by atoms with Crippen LogP contribution in [-0.4, -0.2) is 29.6 Å². The van der Waals surface area contributed by atoms with E-state index in [1.807, 2.05) is 19.1 Å². The third-order valence-electron chi connectivity index (χ3n) is 3.65. The lowest BCUT2D eigenvalue weighted by Gasteiger charge is -2.26. The van der Waals surface area contributed by atoms with Gasteiger partial charge < -0.3 is 15.7 Å². The maximum Gasteiger partial charge on any atom is 0.124 e. The first-order chi connectivity index (χ1) is 8.89. The van der Waals surface area contributed by atoms with Crippen LogP contribution in [0.1, 0.15) is 31.7 Å². The van der Waals surface area contributed by atoms with Gasteiger partial charge in [-0.05, 0) is 44.4 Å². The van der Waals surface area contributed by atoms with E-state index in [9.17, 15) is 5.11 Å². The average molecular weight is 282 g/mol. The first-order valence-corrected chi connectivity index (χ1v) is 6.88. The number of halogens is 1. The number of rotatable bonds is 2. The van der Waals surface area contributed by atoms with Gasteiger partial charge in [0.05, 0.1) is 5.60 Å². The monoisotopic (exact) mass is 281 g/mol. The number of hydrogen-bond acceptors (Lipinski definition) is 3. The molecular weight excluding hydrogens is 262 g/mol. The normalized spacial score (nSPS) is 24.1. The molecule has 5 heteroatoms. The summed E-state index contributed by atoms with van der Waals surface area (Å²) in [4.78, 5) is 2.18. The molecule has 1 atom stereocenters. The van der Waals surface area contributed by atoms with Gasteiger partial charge in [-0.25, -0.2) is 0 Å². The number of hydrogen-bond donors (Lipinski definition) is 3. The van der Waals surface area contributed by atoms with Crippen molar-refractivity contribution >= 4 is 23.1 Å². The second kappa shape index (κ2) is 5.39. The SMILES string of the molecule is CC1(O)CCCN(c2ccc(Cl)cc2C(=N)N)CC1. The van der Waals surface area contributed by atoms with E-state index in [2.05, 4.69) is 4.90 Å². The number of anilines is 1. The number of nitrogen functional groups attached to an aromatic ring is 1. The fourth-order valence-corrected chi connectivity index (χ4v) is 2.68. The van der Waals surface area contributed by atoms with Crippen molar-refractivity contribution in [2.24, 2.45) is 5.73 Å². The zero-order chi connectivity index (χ0) is 14.0. The number of amidine groups is 1. The van der Waals surface area contributed by atoms with Gasteiger partial charge in [0.15, 0.2) is 0 Å². The zero-order valence-corrected chi connectivity index (χ0v) is 11.9. The van der Waals surface area contributed by atoms with Gasteiger partial charge in [0.1, 0.15) is 5.84 Å². The molecule has 0 aromatic heterocycles. The molecule has 1 saturated heterocycles. The first-order valence-electron chi connectivity index (χ1n) is 6.50. The van der Waals surface area contributed by atoms with Crippen molar-refractivity contribution < 1.29 is 5.11 Å². The van der Waals surface area contributed by atoms with Crippen molar-refractivity contribution in [1.82, 2.24) is 0 Å². The quantitative estimate of drug-likeness (QED) is 0.575. The van der Waals surface area contributed by atoms with Crippen LogP contribution in [0.15, 0.2) is 18.2 Å². The second-order valence-electron chi connectivity index (χ2n) is 5.41. The van der Waals surface area contributed by atoms with E-state index in [1.54, 1.807) is 6.07 Å². The minimum atomic E-state index is -0.600. The largest absolute Gasteiger partial charge is 0.390 e. The number of nitrogens with two attached hydrogens (primary N) is 1. The van der Waals surface area contributed by atoms with E-state index in [-0.39, 0.29) is 5.84 Å². The molecule has 1 aliphatic rings. The highest BCUT2D eigenvalue weighted by Gasteiger charge is 2.26. The fourth-order valence-electron chi connectivity index (χ4n) is 2.50. The van der Waals surface area contributed by atoms with Gasteiger partial charge in [0, 0.05) is 29.4 Å². The van der Waals surface area contributed by atoms with E-state index in [4.69, 9.17) is 22.7 Å². The molecule has 4 nitrogen and oxygen atoms in total.